The molecule has 0 N–H and O–H groups in total. The number of halogens is 1. The van der Waals surface area contributed by atoms with Crippen molar-refractivity contribution >= 4 is 21.7 Å². The first-order valence-corrected chi connectivity index (χ1v) is 7.81. The Labute approximate surface area is 134 Å². The number of nitrogens with zero attached hydrogens (tertiary/aromatic N) is 2. The van der Waals surface area contributed by atoms with Gasteiger partial charge in [-0.2, -0.15) is 0 Å². The lowest BCUT2D eigenvalue weighted by Crippen LogP contribution is -2.29. The minimum atomic E-state index is 0.130. The molecule has 1 aromatic carbocycles. The van der Waals surface area contributed by atoms with Gasteiger partial charge < -0.3 is 0 Å². The van der Waals surface area contributed by atoms with Crippen LogP contribution in [0.3, 0.4) is 0 Å². The molecule has 0 unspecified atom stereocenters. The molecule has 110 valence electrons. The molecule has 0 aliphatic carbocycles. The lowest BCUT2D eigenvalue weighted by atomic mass is 10.1. The number of carbonyl (C=O) groups excluding carboxylic acids is 1. The fourth-order valence-corrected chi connectivity index (χ4v) is 2.55. The molecule has 1 aromatic heterocycles. The Morgan fingerprint density at radius 3 is 2.67 bits per heavy atom. The standard InChI is InChI=1S/C17H19BrN2O/c1-3-20(11-16-9-4-6-13(2)19-16)12-17(21)14-7-5-8-15(18)10-14/h4-10H,3,11-12H2,1-2H3. The monoisotopic (exact) mass is 346 g/mol. The van der Waals surface area contributed by atoms with E-state index < -0.39 is 0 Å². The molecular formula is C17H19BrN2O. The molecule has 21 heavy (non-hydrogen) atoms. The summed E-state index contributed by atoms with van der Waals surface area (Å²) in [5.74, 6) is 0.130. The van der Waals surface area contributed by atoms with Gasteiger partial charge in [0.15, 0.2) is 5.78 Å². The first kappa shape index (κ1) is 15.9. The zero-order chi connectivity index (χ0) is 15.2. The molecule has 0 bridgehead atoms. The van der Waals surface area contributed by atoms with Gasteiger partial charge in [-0.05, 0) is 37.7 Å². The first-order valence-electron chi connectivity index (χ1n) is 7.02. The van der Waals surface area contributed by atoms with E-state index in [-0.39, 0.29) is 5.78 Å². The van der Waals surface area contributed by atoms with Crippen molar-refractivity contribution in [1.82, 2.24) is 9.88 Å². The largest absolute Gasteiger partial charge is 0.293 e. The van der Waals surface area contributed by atoms with Crippen LogP contribution in [-0.2, 0) is 6.54 Å². The highest BCUT2D eigenvalue weighted by molar-refractivity contribution is 9.10. The smallest absolute Gasteiger partial charge is 0.176 e. The third kappa shape index (κ3) is 4.76. The maximum Gasteiger partial charge on any atom is 0.176 e. The summed E-state index contributed by atoms with van der Waals surface area (Å²) >= 11 is 3.40. The van der Waals surface area contributed by atoms with Crippen molar-refractivity contribution < 1.29 is 4.79 Å². The Morgan fingerprint density at radius 2 is 2.00 bits per heavy atom. The number of ketones is 1. The molecule has 0 atom stereocenters. The molecule has 2 rings (SSSR count). The van der Waals surface area contributed by atoms with Crippen LogP contribution in [0.15, 0.2) is 46.9 Å². The third-order valence-corrected chi connectivity index (χ3v) is 3.79. The summed E-state index contributed by atoms with van der Waals surface area (Å²) in [7, 11) is 0. The number of hydrogen-bond donors (Lipinski definition) is 0. The molecule has 0 aliphatic rings. The summed E-state index contributed by atoms with van der Waals surface area (Å²) in [4.78, 5) is 18.9. The van der Waals surface area contributed by atoms with Gasteiger partial charge in [0.05, 0.1) is 12.2 Å². The van der Waals surface area contributed by atoms with E-state index in [0.29, 0.717) is 13.1 Å². The highest BCUT2D eigenvalue weighted by Gasteiger charge is 2.12. The van der Waals surface area contributed by atoms with E-state index in [1.165, 1.54) is 0 Å². The predicted molar refractivity (Wildman–Crippen MR) is 88.4 cm³/mol. The number of hydrogen-bond acceptors (Lipinski definition) is 3. The minimum Gasteiger partial charge on any atom is -0.293 e. The molecule has 0 fully saturated rings. The van der Waals surface area contributed by atoms with E-state index in [0.717, 1.165) is 28.0 Å². The van der Waals surface area contributed by atoms with E-state index >= 15 is 0 Å². The third-order valence-electron chi connectivity index (χ3n) is 3.29. The Kier molecular flexibility index (Phi) is 5.65. The molecule has 0 amide bonds. The van der Waals surface area contributed by atoms with Gasteiger partial charge in [-0.15, -0.1) is 0 Å². The van der Waals surface area contributed by atoms with Crippen LogP contribution in [0.4, 0.5) is 0 Å². The van der Waals surface area contributed by atoms with Gasteiger partial charge in [-0.1, -0.05) is 41.1 Å². The average Bonchev–Trinajstić information content (AvgIpc) is 2.46. The minimum absolute atomic E-state index is 0.130. The van der Waals surface area contributed by atoms with Crippen molar-refractivity contribution in [3.8, 4) is 0 Å². The SMILES string of the molecule is CCN(CC(=O)c1cccc(Br)c1)Cc1cccc(C)n1. The fourth-order valence-electron chi connectivity index (χ4n) is 2.15. The van der Waals surface area contributed by atoms with Crippen LogP contribution in [0, 0.1) is 6.92 Å². The number of Topliss-reactive ketones (excluding diaryl/α,β-unsaturated/α-hetero) is 1. The molecule has 3 nitrogen and oxygen atoms in total. The molecule has 4 heteroatoms. The van der Waals surface area contributed by atoms with Gasteiger partial charge in [0.2, 0.25) is 0 Å². The molecule has 0 saturated heterocycles. The van der Waals surface area contributed by atoms with Crippen molar-refractivity contribution in [3.63, 3.8) is 0 Å². The number of aromatic nitrogens is 1. The molecule has 1 heterocycles. The number of benzene rings is 1. The van der Waals surface area contributed by atoms with Gasteiger partial charge in [-0.3, -0.25) is 14.7 Å². The quantitative estimate of drug-likeness (QED) is 0.744. The summed E-state index contributed by atoms with van der Waals surface area (Å²) in [5, 5.41) is 0. The Bertz CT molecular complexity index is 628. The van der Waals surface area contributed by atoms with Crippen LogP contribution in [-0.4, -0.2) is 28.8 Å². The lowest BCUT2D eigenvalue weighted by Gasteiger charge is -2.19. The number of rotatable bonds is 6. The number of likely N-dealkylation sites (N-methyl/N-ethyl adjacent to an activating group) is 1. The van der Waals surface area contributed by atoms with E-state index in [9.17, 15) is 4.79 Å². The summed E-state index contributed by atoms with van der Waals surface area (Å²) in [6, 6.07) is 13.5. The molecule has 0 saturated carbocycles. The van der Waals surface area contributed by atoms with Crippen LogP contribution in [0.1, 0.15) is 28.7 Å². The Morgan fingerprint density at radius 1 is 1.24 bits per heavy atom. The maximum absolute atomic E-state index is 12.3. The normalized spacial score (nSPS) is 10.9. The summed E-state index contributed by atoms with van der Waals surface area (Å²) < 4.78 is 0.928. The second kappa shape index (κ2) is 7.48. The maximum atomic E-state index is 12.3. The lowest BCUT2D eigenvalue weighted by molar-refractivity contribution is 0.0928. The van der Waals surface area contributed by atoms with Crippen molar-refractivity contribution in [1.29, 1.82) is 0 Å². The zero-order valence-electron chi connectivity index (χ0n) is 12.3. The number of pyridine rings is 1. The second-order valence-electron chi connectivity index (χ2n) is 5.01. The van der Waals surface area contributed by atoms with Gasteiger partial charge >= 0.3 is 0 Å². The average molecular weight is 347 g/mol. The van der Waals surface area contributed by atoms with E-state index in [1.807, 2.05) is 49.4 Å². The first-order chi connectivity index (χ1) is 10.1. The molecule has 0 radical (unpaired) electrons. The molecule has 0 spiro atoms. The van der Waals surface area contributed by atoms with Crippen LogP contribution in [0.25, 0.3) is 0 Å². The number of aryl methyl sites for hydroxylation is 1. The topological polar surface area (TPSA) is 33.2 Å². The zero-order valence-corrected chi connectivity index (χ0v) is 13.9. The van der Waals surface area contributed by atoms with E-state index in [2.05, 4.69) is 32.7 Å². The highest BCUT2D eigenvalue weighted by atomic mass is 79.9. The fraction of sp³-hybridized carbons (Fsp3) is 0.294. The van der Waals surface area contributed by atoms with Crippen LogP contribution in [0.2, 0.25) is 0 Å². The van der Waals surface area contributed by atoms with Gasteiger partial charge in [0, 0.05) is 22.3 Å². The summed E-state index contributed by atoms with van der Waals surface area (Å²) in [5.41, 5.74) is 2.74. The molecular weight excluding hydrogens is 328 g/mol. The second-order valence-corrected chi connectivity index (χ2v) is 5.92. The van der Waals surface area contributed by atoms with Crippen molar-refractivity contribution in [2.45, 2.75) is 20.4 Å². The van der Waals surface area contributed by atoms with Crippen molar-refractivity contribution in [2.24, 2.45) is 0 Å². The molecule has 0 aliphatic heterocycles. The molecule has 2 aromatic rings. The summed E-state index contributed by atoms with van der Waals surface area (Å²) in [6.45, 7) is 5.95. The Hall–Kier alpha value is -1.52. The number of carbonyl (C=O) groups is 1. The van der Waals surface area contributed by atoms with Gasteiger partial charge in [0.25, 0.3) is 0 Å². The predicted octanol–water partition coefficient (Wildman–Crippen LogP) is 3.86. The van der Waals surface area contributed by atoms with Crippen molar-refractivity contribution in [3.05, 3.63) is 63.9 Å². The van der Waals surface area contributed by atoms with Gasteiger partial charge in [-0.25, -0.2) is 0 Å². The van der Waals surface area contributed by atoms with Crippen molar-refractivity contribution in [2.75, 3.05) is 13.1 Å². The summed E-state index contributed by atoms with van der Waals surface area (Å²) in [6.07, 6.45) is 0. The van der Waals surface area contributed by atoms with E-state index in [4.69, 9.17) is 0 Å². The van der Waals surface area contributed by atoms with Gasteiger partial charge in [0.1, 0.15) is 0 Å². The Balaban J connectivity index is 2.03. The highest BCUT2D eigenvalue weighted by Crippen LogP contribution is 2.13. The van der Waals surface area contributed by atoms with E-state index in [1.54, 1.807) is 0 Å². The van der Waals surface area contributed by atoms with Crippen LogP contribution in [0.5, 0.6) is 0 Å². The van der Waals surface area contributed by atoms with Crippen LogP contribution >= 0.6 is 15.9 Å². The van der Waals surface area contributed by atoms with Crippen LogP contribution < -0.4 is 0 Å².